The number of hydrogen-bond donors (Lipinski definition) is 2. The third kappa shape index (κ3) is 4.32. The molecule has 0 spiro atoms. The van der Waals surface area contributed by atoms with Gasteiger partial charge < -0.3 is 15.2 Å². The van der Waals surface area contributed by atoms with Crippen LogP contribution in [-0.2, 0) is 32.0 Å². The summed E-state index contributed by atoms with van der Waals surface area (Å²) in [5.41, 5.74) is 2.73. The van der Waals surface area contributed by atoms with Gasteiger partial charge >= 0.3 is 11.9 Å². The Balaban J connectivity index is 1.36. The Morgan fingerprint density at radius 2 is 1.86 bits per heavy atom. The highest BCUT2D eigenvalue weighted by Gasteiger charge is 2.54. The number of esters is 1. The quantitative estimate of drug-likeness (QED) is 0.276. The van der Waals surface area contributed by atoms with E-state index in [9.17, 15) is 24.3 Å². The number of nitrogens with zero attached hydrogens (tertiary/aromatic N) is 1. The molecule has 0 saturated carbocycles. The fraction of sp³-hybridized carbons (Fsp3) is 0.308. The second kappa shape index (κ2) is 9.22. The average molecular weight is 493 g/mol. The summed E-state index contributed by atoms with van der Waals surface area (Å²) in [4.78, 5) is 52.1. The minimum Gasteiger partial charge on any atom is -0.477 e. The van der Waals surface area contributed by atoms with Crippen molar-refractivity contribution in [3.05, 3.63) is 77.0 Å². The van der Waals surface area contributed by atoms with E-state index in [0.29, 0.717) is 11.3 Å². The van der Waals surface area contributed by atoms with Crippen LogP contribution in [0.15, 0.2) is 60.3 Å². The lowest BCUT2D eigenvalue weighted by molar-refractivity contribution is -0.151. The number of ether oxygens (including phenoxy) is 1. The molecule has 0 radical (unpaired) electrons. The molecule has 1 fully saturated rings. The number of β-lactam (4-membered cyclic amide) rings is 1. The lowest BCUT2D eigenvalue weighted by Crippen LogP contribution is -2.71. The van der Waals surface area contributed by atoms with Crippen molar-refractivity contribution in [1.29, 1.82) is 0 Å². The van der Waals surface area contributed by atoms with E-state index in [2.05, 4.69) is 5.32 Å². The van der Waals surface area contributed by atoms with Crippen LogP contribution in [0.3, 0.4) is 0 Å². The van der Waals surface area contributed by atoms with Crippen molar-refractivity contribution in [3.63, 3.8) is 0 Å². The molecule has 2 amide bonds. The number of benzene rings is 2. The molecule has 9 heteroatoms. The first-order chi connectivity index (χ1) is 16.8. The zero-order chi connectivity index (χ0) is 24.7. The lowest BCUT2D eigenvalue weighted by atomic mass is 9.96. The monoisotopic (exact) mass is 492 g/mol. The Labute approximate surface area is 206 Å². The predicted octanol–water partition coefficient (Wildman–Crippen LogP) is 2.62. The number of rotatable bonds is 6. The standard InChI is InChI=1S/C26H24N2O6S/c1-14-12-19(25(31)32)28-23(30)21(24(28)35-14)27-22(29)20(16-6-3-2-4-7-16)26(33)34-18-11-10-15-8-5-9-17(15)13-18/h2-4,6-7,10-14,20-21,24H,5,8-9H2,1H3,(H,27,29)(H,31,32)/t14?,20?,21?,24-/m1/s1. The van der Waals surface area contributed by atoms with Gasteiger partial charge in [-0.2, -0.15) is 0 Å². The smallest absolute Gasteiger partial charge is 0.352 e. The fourth-order valence-corrected chi connectivity index (χ4v) is 6.12. The maximum Gasteiger partial charge on any atom is 0.352 e. The van der Waals surface area contributed by atoms with Crippen molar-refractivity contribution in [3.8, 4) is 5.75 Å². The maximum absolute atomic E-state index is 13.4. The summed E-state index contributed by atoms with van der Waals surface area (Å²) in [6, 6.07) is 13.1. The molecule has 8 nitrogen and oxygen atoms in total. The van der Waals surface area contributed by atoms with Crippen LogP contribution in [0.1, 0.15) is 36.0 Å². The Kier molecular flexibility index (Phi) is 6.10. The first-order valence-corrected chi connectivity index (χ1v) is 12.4. The van der Waals surface area contributed by atoms with Crippen molar-refractivity contribution >= 4 is 35.5 Å². The van der Waals surface area contributed by atoms with Gasteiger partial charge in [0.2, 0.25) is 5.91 Å². The van der Waals surface area contributed by atoms with Gasteiger partial charge in [-0.05, 0) is 61.1 Å². The van der Waals surface area contributed by atoms with E-state index < -0.39 is 41.1 Å². The highest BCUT2D eigenvalue weighted by Crippen LogP contribution is 2.41. The Hall–Kier alpha value is -3.59. The highest BCUT2D eigenvalue weighted by atomic mass is 32.2. The van der Waals surface area contributed by atoms with E-state index in [1.54, 1.807) is 36.4 Å². The van der Waals surface area contributed by atoms with E-state index in [-0.39, 0.29) is 10.9 Å². The third-order valence-corrected chi connectivity index (χ3v) is 7.81. The summed E-state index contributed by atoms with van der Waals surface area (Å²) in [7, 11) is 0. The zero-order valence-corrected chi connectivity index (χ0v) is 19.8. The highest BCUT2D eigenvalue weighted by molar-refractivity contribution is 8.00. The molecule has 3 aliphatic rings. The number of aryl methyl sites for hydroxylation is 2. The van der Waals surface area contributed by atoms with Gasteiger partial charge in [0.25, 0.3) is 5.91 Å². The van der Waals surface area contributed by atoms with Gasteiger partial charge in [0.1, 0.15) is 22.9 Å². The fourth-order valence-electron chi connectivity index (χ4n) is 4.79. The molecule has 0 bridgehead atoms. The first kappa shape index (κ1) is 23.2. The number of nitrogens with one attached hydrogen (secondary N) is 1. The maximum atomic E-state index is 13.4. The largest absolute Gasteiger partial charge is 0.477 e. The predicted molar refractivity (Wildman–Crippen MR) is 129 cm³/mol. The summed E-state index contributed by atoms with van der Waals surface area (Å²) in [5.74, 6) is -4.03. The van der Waals surface area contributed by atoms with E-state index in [1.807, 2.05) is 19.1 Å². The third-order valence-electron chi connectivity index (χ3n) is 6.49. The minimum atomic E-state index is -1.29. The Morgan fingerprint density at radius 1 is 1.11 bits per heavy atom. The van der Waals surface area contributed by atoms with Crippen LogP contribution >= 0.6 is 11.8 Å². The summed E-state index contributed by atoms with van der Waals surface area (Å²) in [5, 5.41) is 11.4. The number of carbonyl (C=O) groups is 4. The van der Waals surface area contributed by atoms with Crippen molar-refractivity contribution in [2.24, 2.45) is 0 Å². The number of thioether (sulfide) groups is 1. The number of fused-ring (bicyclic) bond motifs is 2. The SMILES string of the molecule is CC1C=C(C(=O)O)N2C(=O)C(NC(=O)C(C(=O)Oc3ccc4c(c3)CCC4)c3ccccc3)[C@H]2S1. The van der Waals surface area contributed by atoms with Crippen LogP contribution in [0.2, 0.25) is 0 Å². The van der Waals surface area contributed by atoms with Crippen LogP contribution in [0.5, 0.6) is 5.75 Å². The summed E-state index contributed by atoms with van der Waals surface area (Å²) in [6.07, 6.45) is 4.50. The molecule has 1 aliphatic carbocycles. The lowest BCUT2D eigenvalue weighted by Gasteiger charge is -2.49. The molecule has 2 heterocycles. The molecular weight excluding hydrogens is 468 g/mol. The second-order valence-electron chi connectivity index (χ2n) is 8.83. The van der Waals surface area contributed by atoms with Crippen LogP contribution in [0.25, 0.3) is 0 Å². The van der Waals surface area contributed by atoms with E-state index in [1.165, 1.54) is 28.3 Å². The molecule has 0 aromatic heterocycles. The van der Waals surface area contributed by atoms with Gasteiger partial charge in [0.05, 0.1) is 0 Å². The van der Waals surface area contributed by atoms with Crippen molar-refractivity contribution < 1.29 is 29.0 Å². The summed E-state index contributed by atoms with van der Waals surface area (Å²) in [6.45, 7) is 1.83. The molecule has 4 atom stereocenters. The van der Waals surface area contributed by atoms with Gasteiger partial charge in [-0.25, -0.2) is 4.79 Å². The van der Waals surface area contributed by atoms with Crippen LogP contribution < -0.4 is 10.1 Å². The number of carboxylic acids is 1. The van der Waals surface area contributed by atoms with Crippen LogP contribution in [0.4, 0.5) is 0 Å². The van der Waals surface area contributed by atoms with E-state index in [0.717, 1.165) is 24.8 Å². The van der Waals surface area contributed by atoms with E-state index in [4.69, 9.17) is 4.74 Å². The number of hydrogen-bond acceptors (Lipinski definition) is 6. The number of carboxylic acid groups (broad SMARTS) is 1. The van der Waals surface area contributed by atoms with Crippen molar-refractivity contribution in [2.45, 2.75) is 48.8 Å². The Bertz CT molecular complexity index is 1240. The van der Waals surface area contributed by atoms with E-state index >= 15 is 0 Å². The summed E-state index contributed by atoms with van der Waals surface area (Å²) >= 11 is 1.38. The van der Waals surface area contributed by atoms with Gasteiger partial charge in [0, 0.05) is 5.25 Å². The molecular formula is C26H24N2O6S. The molecule has 35 heavy (non-hydrogen) atoms. The molecule has 180 valence electrons. The molecule has 2 N–H and O–H groups in total. The molecule has 2 aromatic carbocycles. The van der Waals surface area contributed by atoms with Gasteiger partial charge in [-0.1, -0.05) is 36.4 Å². The molecule has 2 aliphatic heterocycles. The molecule has 1 saturated heterocycles. The first-order valence-electron chi connectivity index (χ1n) is 11.5. The molecule has 2 aromatic rings. The van der Waals surface area contributed by atoms with Gasteiger partial charge in [-0.15, -0.1) is 11.8 Å². The zero-order valence-electron chi connectivity index (χ0n) is 19.0. The number of carbonyl (C=O) groups excluding carboxylic acids is 3. The van der Waals surface area contributed by atoms with Gasteiger partial charge in [-0.3, -0.25) is 19.3 Å². The average Bonchev–Trinajstić information content (AvgIpc) is 3.30. The normalized spacial score (nSPS) is 23.3. The van der Waals surface area contributed by atoms with Gasteiger partial charge in [0.15, 0.2) is 5.92 Å². The van der Waals surface area contributed by atoms with Crippen molar-refractivity contribution in [2.75, 3.05) is 0 Å². The van der Waals surface area contributed by atoms with Crippen molar-refractivity contribution in [1.82, 2.24) is 10.2 Å². The van der Waals surface area contributed by atoms with Crippen LogP contribution in [-0.4, -0.2) is 50.4 Å². The topological polar surface area (TPSA) is 113 Å². The van der Waals surface area contributed by atoms with Crippen LogP contribution in [0, 0.1) is 0 Å². The minimum absolute atomic E-state index is 0.0904. The molecule has 3 unspecified atom stereocenters. The Morgan fingerprint density at radius 3 is 2.60 bits per heavy atom. The summed E-state index contributed by atoms with van der Waals surface area (Å²) < 4.78 is 5.62. The number of aliphatic carboxylic acids is 1. The molecule has 5 rings (SSSR count). The second-order valence-corrected chi connectivity index (χ2v) is 10.3. The number of amides is 2.